The standard InChI is InChI=1S/C12H9Cl2NO/c13-8-4-5-12(11(14)6-8)15-9-2-1-3-10(16)7-9/h1-7,15-16H. The van der Waals surface area contributed by atoms with E-state index >= 15 is 0 Å². The van der Waals surface area contributed by atoms with Crippen LogP contribution < -0.4 is 5.32 Å². The van der Waals surface area contributed by atoms with Crippen molar-refractivity contribution in [2.24, 2.45) is 0 Å². The van der Waals surface area contributed by atoms with E-state index in [1.807, 2.05) is 6.07 Å². The zero-order valence-electron chi connectivity index (χ0n) is 8.24. The van der Waals surface area contributed by atoms with Crippen molar-refractivity contribution >= 4 is 34.6 Å². The molecule has 0 unspecified atom stereocenters. The third-order valence-electron chi connectivity index (χ3n) is 2.06. The summed E-state index contributed by atoms with van der Waals surface area (Å²) in [6, 6.07) is 12.0. The first-order chi connectivity index (χ1) is 7.65. The van der Waals surface area contributed by atoms with Crippen LogP contribution in [-0.4, -0.2) is 5.11 Å². The number of phenols is 1. The number of hydrogen-bond donors (Lipinski definition) is 2. The smallest absolute Gasteiger partial charge is 0.117 e. The van der Waals surface area contributed by atoms with Gasteiger partial charge in [-0.2, -0.15) is 0 Å². The fourth-order valence-electron chi connectivity index (χ4n) is 1.33. The number of nitrogens with one attached hydrogen (secondary N) is 1. The molecule has 0 spiro atoms. The fraction of sp³-hybridized carbons (Fsp3) is 0. The molecule has 4 heteroatoms. The van der Waals surface area contributed by atoms with Crippen molar-refractivity contribution in [3.05, 3.63) is 52.5 Å². The number of phenolic OH excluding ortho intramolecular Hbond substituents is 1. The van der Waals surface area contributed by atoms with Gasteiger partial charge in [0.1, 0.15) is 5.75 Å². The van der Waals surface area contributed by atoms with Crippen LogP contribution in [0.15, 0.2) is 42.5 Å². The Morgan fingerprint density at radius 2 is 1.81 bits per heavy atom. The second-order valence-corrected chi connectivity index (χ2v) is 4.14. The predicted octanol–water partition coefficient (Wildman–Crippen LogP) is 4.44. The van der Waals surface area contributed by atoms with Crippen molar-refractivity contribution in [2.45, 2.75) is 0 Å². The maximum absolute atomic E-state index is 9.31. The molecular formula is C12H9Cl2NO. The molecule has 0 atom stereocenters. The molecule has 2 aromatic carbocycles. The molecule has 0 aliphatic heterocycles. The number of benzene rings is 2. The lowest BCUT2D eigenvalue weighted by Gasteiger charge is -2.08. The molecule has 0 bridgehead atoms. The van der Waals surface area contributed by atoms with E-state index in [1.54, 1.807) is 36.4 Å². The summed E-state index contributed by atoms with van der Waals surface area (Å²) in [6.07, 6.45) is 0. The van der Waals surface area contributed by atoms with Crippen LogP contribution >= 0.6 is 23.2 Å². The normalized spacial score (nSPS) is 10.1. The van der Waals surface area contributed by atoms with Crippen LogP contribution in [0, 0.1) is 0 Å². The Hall–Kier alpha value is -1.38. The van der Waals surface area contributed by atoms with E-state index in [0.717, 1.165) is 11.4 Å². The summed E-state index contributed by atoms with van der Waals surface area (Å²) in [4.78, 5) is 0. The molecule has 2 nitrogen and oxygen atoms in total. The predicted molar refractivity (Wildman–Crippen MR) is 67.9 cm³/mol. The molecule has 0 aliphatic carbocycles. The lowest BCUT2D eigenvalue weighted by molar-refractivity contribution is 0.475. The molecule has 0 aliphatic rings. The molecule has 0 heterocycles. The summed E-state index contributed by atoms with van der Waals surface area (Å²) in [5.74, 6) is 0.204. The summed E-state index contributed by atoms with van der Waals surface area (Å²) in [6.45, 7) is 0. The average Bonchev–Trinajstić information content (AvgIpc) is 2.22. The zero-order chi connectivity index (χ0) is 11.5. The van der Waals surface area contributed by atoms with Gasteiger partial charge in [0.25, 0.3) is 0 Å². The number of aromatic hydroxyl groups is 1. The Morgan fingerprint density at radius 1 is 1.00 bits per heavy atom. The van der Waals surface area contributed by atoms with Gasteiger partial charge in [0.05, 0.1) is 10.7 Å². The van der Waals surface area contributed by atoms with Crippen molar-refractivity contribution < 1.29 is 5.11 Å². The lowest BCUT2D eigenvalue weighted by atomic mass is 10.2. The first kappa shape index (κ1) is 11.1. The molecule has 0 radical (unpaired) electrons. The topological polar surface area (TPSA) is 32.3 Å². The Kier molecular flexibility index (Phi) is 3.22. The van der Waals surface area contributed by atoms with E-state index in [9.17, 15) is 5.11 Å². The second kappa shape index (κ2) is 4.64. The number of rotatable bonds is 2. The van der Waals surface area contributed by atoms with Crippen LogP contribution in [0.1, 0.15) is 0 Å². The second-order valence-electron chi connectivity index (χ2n) is 3.30. The van der Waals surface area contributed by atoms with Crippen LogP contribution in [0.3, 0.4) is 0 Å². The maximum Gasteiger partial charge on any atom is 0.117 e. The Balaban J connectivity index is 2.27. The molecule has 2 N–H and O–H groups in total. The van der Waals surface area contributed by atoms with E-state index in [2.05, 4.69) is 5.32 Å². The minimum atomic E-state index is 0.204. The highest BCUT2D eigenvalue weighted by Crippen LogP contribution is 2.29. The van der Waals surface area contributed by atoms with E-state index in [0.29, 0.717) is 10.0 Å². The van der Waals surface area contributed by atoms with Gasteiger partial charge >= 0.3 is 0 Å². The highest BCUT2D eigenvalue weighted by atomic mass is 35.5. The average molecular weight is 254 g/mol. The molecular weight excluding hydrogens is 245 g/mol. The molecule has 16 heavy (non-hydrogen) atoms. The van der Waals surface area contributed by atoms with Crippen LogP contribution in [0.4, 0.5) is 11.4 Å². The van der Waals surface area contributed by atoms with E-state index in [-0.39, 0.29) is 5.75 Å². The van der Waals surface area contributed by atoms with E-state index < -0.39 is 0 Å². The number of halogens is 2. The van der Waals surface area contributed by atoms with Crippen LogP contribution in [0.25, 0.3) is 0 Å². The van der Waals surface area contributed by atoms with Gasteiger partial charge < -0.3 is 10.4 Å². The van der Waals surface area contributed by atoms with Crippen molar-refractivity contribution in [1.29, 1.82) is 0 Å². The van der Waals surface area contributed by atoms with Crippen molar-refractivity contribution in [3.63, 3.8) is 0 Å². The number of anilines is 2. The summed E-state index contributed by atoms with van der Waals surface area (Å²) in [5, 5.41) is 13.5. The highest BCUT2D eigenvalue weighted by Gasteiger charge is 2.01. The minimum absolute atomic E-state index is 0.204. The summed E-state index contributed by atoms with van der Waals surface area (Å²) in [5.41, 5.74) is 1.51. The van der Waals surface area contributed by atoms with Crippen molar-refractivity contribution in [3.8, 4) is 5.75 Å². The molecule has 0 saturated heterocycles. The first-order valence-electron chi connectivity index (χ1n) is 4.66. The maximum atomic E-state index is 9.31. The Morgan fingerprint density at radius 3 is 2.50 bits per heavy atom. The molecule has 0 fully saturated rings. The lowest BCUT2D eigenvalue weighted by Crippen LogP contribution is -1.90. The minimum Gasteiger partial charge on any atom is -0.508 e. The van der Waals surface area contributed by atoms with Crippen molar-refractivity contribution in [2.75, 3.05) is 5.32 Å². The molecule has 0 amide bonds. The third kappa shape index (κ3) is 2.60. The summed E-state index contributed by atoms with van der Waals surface area (Å²) < 4.78 is 0. The van der Waals surface area contributed by atoms with Gasteiger partial charge in [0.2, 0.25) is 0 Å². The van der Waals surface area contributed by atoms with Crippen LogP contribution in [0.5, 0.6) is 5.75 Å². The Bertz CT molecular complexity index is 514. The van der Waals surface area contributed by atoms with Gasteiger partial charge in [-0.1, -0.05) is 29.3 Å². The molecule has 82 valence electrons. The largest absolute Gasteiger partial charge is 0.508 e. The van der Waals surface area contributed by atoms with Crippen LogP contribution in [-0.2, 0) is 0 Å². The van der Waals surface area contributed by atoms with Gasteiger partial charge in [-0.05, 0) is 30.3 Å². The quantitative estimate of drug-likeness (QED) is 0.830. The van der Waals surface area contributed by atoms with Crippen LogP contribution in [0.2, 0.25) is 10.0 Å². The monoisotopic (exact) mass is 253 g/mol. The fourth-order valence-corrected chi connectivity index (χ4v) is 1.79. The summed E-state index contributed by atoms with van der Waals surface area (Å²) >= 11 is 11.8. The van der Waals surface area contributed by atoms with E-state index in [1.165, 1.54) is 0 Å². The zero-order valence-corrected chi connectivity index (χ0v) is 9.76. The van der Waals surface area contributed by atoms with Gasteiger partial charge in [-0.15, -0.1) is 0 Å². The highest BCUT2D eigenvalue weighted by molar-refractivity contribution is 6.36. The SMILES string of the molecule is Oc1cccc(Nc2ccc(Cl)cc2Cl)c1. The molecule has 2 rings (SSSR count). The first-order valence-corrected chi connectivity index (χ1v) is 5.42. The Labute approximate surface area is 103 Å². The van der Waals surface area contributed by atoms with Gasteiger partial charge in [0.15, 0.2) is 0 Å². The van der Waals surface area contributed by atoms with Gasteiger partial charge in [-0.3, -0.25) is 0 Å². The molecule has 0 saturated carbocycles. The van der Waals surface area contributed by atoms with E-state index in [4.69, 9.17) is 23.2 Å². The molecule has 0 aromatic heterocycles. The third-order valence-corrected chi connectivity index (χ3v) is 2.60. The van der Waals surface area contributed by atoms with Gasteiger partial charge in [0, 0.05) is 16.8 Å². The molecule has 2 aromatic rings. The number of hydrogen-bond acceptors (Lipinski definition) is 2. The summed E-state index contributed by atoms with van der Waals surface area (Å²) in [7, 11) is 0. The van der Waals surface area contributed by atoms with Gasteiger partial charge in [-0.25, -0.2) is 0 Å². The van der Waals surface area contributed by atoms with Crippen molar-refractivity contribution in [1.82, 2.24) is 0 Å².